The Kier molecular flexibility index (Phi) is 7.97. The van der Waals surface area contributed by atoms with E-state index in [2.05, 4.69) is 0 Å². The Balaban J connectivity index is 3.31. The molecule has 6 heteroatoms. The molecule has 0 amide bonds. The second-order valence-corrected chi connectivity index (χ2v) is 12.7. The summed E-state index contributed by atoms with van der Waals surface area (Å²) in [6, 6.07) is 0. The van der Waals surface area contributed by atoms with Gasteiger partial charge in [0.2, 0.25) is 0 Å². The topological polar surface area (TPSA) is 9.23 Å². The Hall–Kier alpha value is 1.54. The van der Waals surface area contributed by atoms with E-state index < -0.39 is 4.59 Å². The predicted octanol–water partition coefficient (Wildman–Crippen LogP) is 3.85. The van der Waals surface area contributed by atoms with Crippen molar-refractivity contribution < 1.29 is 4.74 Å². The maximum Gasteiger partial charge on any atom is 0.104 e. The van der Waals surface area contributed by atoms with E-state index in [4.69, 9.17) is 38.5 Å². The van der Waals surface area contributed by atoms with Crippen LogP contribution in [0.15, 0.2) is 0 Å². The first kappa shape index (κ1) is 12.5. The van der Waals surface area contributed by atoms with Crippen molar-refractivity contribution in [3.05, 3.63) is 0 Å². The molecule has 68 valence electrons. The van der Waals surface area contributed by atoms with Gasteiger partial charge in [-0.25, -0.2) is 0 Å². The van der Waals surface area contributed by atoms with E-state index in [1.54, 1.807) is 0 Å². The molecule has 0 aromatic rings. The van der Waals surface area contributed by atoms with Gasteiger partial charge in [0.15, 0.2) is 0 Å². The quantitative estimate of drug-likeness (QED) is 0.525. The zero-order valence-electron chi connectivity index (χ0n) is 6.26. The summed E-state index contributed by atoms with van der Waals surface area (Å²) in [5, 5.41) is 0. The Bertz CT molecular complexity index is 144. The molecular formula is C5H11Cl2OPS2. The summed E-state index contributed by atoms with van der Waals surface area (Å²) in [7, 11) is 6.59. The van der Waals surface area contributed by atoms with E-state index in [0.29, 0.717) is 0 Å². The fraction of sp³-hybridized carbons (Fsp3) is 1.00. The maximum atomic E-state index is 5.90. The molecule has 1 atom stereocenters. The van der Waals surface area contributed by atoms with Crippen molar-refractivity contribution in [2.75, 3.05) is 19.4 Å². The fourth-order valence-electron chi connectivity index (χ4n) is 0.534. The standard InChI is InChI=1S/C5H11Cl2OPS2/c1-2-8-4-3-5-9(6,10)11-7/h2-5H2,1H3. The summed E-state index contributed by atoms with van der Waals surface area (Å²) in [6.07, 6.45) is 1.71. The van der Waals surface area contributed by atoms with E-state index in [1.165, 1.54) is 0 Å². The molecule has 0 radical (unpaired) electrons. The molecule has 0 bridgehead atoms. The highest BCUT2D eigenvalue weighted by Gasteiger charge is 2.11. The third-order valence-electron chi connectivity index (χ3n) is 1.02. The first-order valence-corrected chi connectivity index (χ1v) is 9.43. The predicted molar refractivity (Wildman–Crippen MR) is 59.6 cm³/mol. The molecule has 0 heterocycles. The van der Waals surface area contributed by atoms with Crippen LogP contribution in [0.4, 0.5) is 0 Å². The third kappa shape index (κ3) is 7.89. The van der Waals surface area contributed by atoms with Crippen LogP contribution in [0.1, 0.15) is 13.3 Å². The molecule has 0 aliphatic rings. The normalized spacial score (nSPS) is 16.3. The van der Waals surface area contributed by atoms with Gasteiger partial charge in [-0.15, -0.1) is 0 Å². The fourth-order valence-corrected chi connectivity index (χ4v) is 3.07. The first-order valence-electron chi connectivity index (χ1n) is 3.29. The van der Waals surface area contributed by atoms with Crippen LogP contribution in [-0.2, 0) is 16.5 Å². The molecule has 0 N–H and O–H groups in total. The lowest BCUT2D eigenvalue weighted by molar-refractivity contribution is 0.149. The largest absolute Gasteiger partial charge is 0.382 e. The highest BCUT2D eigenvalue weighted by atomic mass is 35.8. The van der Waals surface area contributed by atoms with Crippen LogP contribution >= 0.6 is 37.1 Å². The molecule has 0 aliphatic heterocycles. The van der Waals surface area contributed by atoms with Gasteiger partial charge in [0.25, 0.3) is 0 Å². The van der Waals surface area contributed by atoms with Gasteiger partial charge < -0.3 is 4.74 Å². The van der Waals surface area contributed by atoms with Crippen molar-refractivity contribution in [2.24, 2.45) is 0 Å². The van der Waals surface area contributed by atoms with Crippen molar-refractivity contribution in [2.45, 2.75) is 13.3 Å². The molecule has 0 aliphatic carbocycles. The Morgan fingerprint density at radius 3 is 2.73 bits per heavy atom. The minimum absolute atomic E-state index is 0.735. The van der Waals surface area contributed by atoms with Crippen molar-refractivity contribution in [1.82, 2.24) is 0 Å². The highest BCUT2D eigenvalue weighted by Crippen LogP contribution is 2.65. The molecule has 0 aromatic carbocycles. The smallest absolute Gasteiger partial charge is 0.104 e. The molecule has 0 rings (SSSR count). The monoisotopic (exact) mass is 252 g/mol. The average Bonchev–Trinajstić information content (AvgIpc) is 1.99. The zero-order valence-corrected chi connectivity index (χ0v) is 10.3. The number of hydrogen-bond acceptors (Lipinski definition) is 3. The minimum Gasteiger partial charge on any atom is -0.382 e. The number of ether oxygens (including phenoxy) is 1. The van der Waals surface area contributed by atoms with Crippen molar-refractivity contribution >= 4 is 48.9 Å². The molecular weight excluding hydrogens is 242 g/mol. The summed E-state index contributed by atoms with van der Waals surface area (Å²) in [4.78, 5) is 0. The second kappa shape index (κ2) is 6.99. The van der Waals surface area contributed by atoms with E-state index in [9.17, 15) is 0 Å². The van der Waals surface area contributed by atoms with Crippen LogP contribution in [0.2, 0.25) is 0 Å². The van der Waals surface area contributed by atoms with E-state index >= 15 is 0 Å². The third-order valence-corrected chi connectivity index (χ3v) is 9.08. The summed E-state index contributed by atoms with van der Waals surface area (Å²) < 4.78 is 3.33. The second-order valence-electron chi connectivity index (χ2n) is 1.93. The van der Waals surface area contributed by atoms with Gasteiger partial charge in [0.1, 0.15) is 4.59 Å². The van der Waals surface area contributed by atoms with Gasteiger partial charge in [-0.3, -0.25) is 0 Å². The molecule has 0 spiro atoms. The van der Waals surface area contributed by atoms with Crippen LogP contribution in [0.25, 0.3) is 0 Å². The Morgan fingerprint density at radius 1 is 1.64 bits per heavy atom. The van der Waals surface area contributed by atoms with Crippen LogP contribution in [0.3, 0.4) is 0 Å². The van der Waals surface area contributed by atoms with Crippen LogP contribution in [-0.4, -0.2) is 19.4 Å². The molecule has 11 heavy (non-hydrogen) atoms. The van der Waals surface area contributed by atoms with Crippen LogP contribution in [0.5, 0.6) is 0 Å². The SMILES string of the molecule is CCOCCCP(=S)(Cl)SCl. The molecule has 0 aromatic heterocycles. The van der Waals surface area contributed by atoms with Gasteiger partial charge in [-0.05, 0) is 34.6 Å². The number of hydrogen-bond donors (Lipinski definition) is 0. The van der Waals surface area contributed by atoms with Gasteiger partial charge in [0, 0.05) is 19.4 Å². The van der Waals surface area contributed by atoms with E-state index in [-0.39, 0.29) is 0 Å². The Morgan fingerprint density at radius 2 is 2.27 bits per heavy atom. The number of rotatable bonds is 6. The van der Waals surface area contributed by atoms with Gasteiger partial charge in [-0.2, -0.15) is 0 Å². The van der Waals surface area contributed by atoms with E-state index in [1.807, 2.05) is 6.92 Å². The Labute approximate surface area is 86.2 Å². The van der Waals surface area contributed by atoms with Gasteiger partial charge in [0.05, 0.1) is 0 Å². The molecule has 1 unspecified atom stereocenters. The maximum absolute atomic E-state index is 5.90. The highest BCUT2D eigenvalue weighted by molar-refractivity contribution is 8.85. The van der Waals surface area contributed by atoms with Crippen LogP contribution < -0.4 is 0 Å². The van der Waals surface area contributed by atoms with Crippen molar-refractivity contribution in [1.29, 1.82) is 0 Å². The molecule has 0 saturated carbocycles. The van der Waals surface area contributed by atoms with Crippen LogP contribution in [0, 0.1) is 0 Å². The van der Waals surface area contributed by atoms with Gasteiger partial charge in [-0.1, -0.05) is 23.0 Å². The summed E-state index contributed by atoms with van der Waals surface area (Å²) >= 11 is 10.9. The first-order chi connectivity index (χ1) is 5.12. The average molecular weight is 253 g/mol. The lowest BCUT2D eigenvalue weighted by Gasteiger charge is -2.07. The van der Waals surface area contributed by atoms with Gasteiger partial charge >= 0.3 is 0 Å². The lowest BCUT2D eigenvalue weighted by atomic mass is 10.5. The zero-order chi connectivity index (χ0) is 8.74. The molecule has 0 saturated heterocycles. The minimum atomic E-state index is -1.81. The van der Waals surface area contributed by atoms with Crippen molar-refractivity contribution in [3.63, 3.8) is 0 Å². The molecule has 0 fully saturated rings. The summed E-state index contributed by atoms with van der Waals surface area (Å²) in [6.45, 7) is 3.45. The summed E-state index contributed by atoms with van der Waals surface area (Å²) in [5.41, 5.74) is 0. The van der Waals surface area contributed by atoms with Crippen molar-refractivity contribution in [3.8, 4) is 0 Å². The molecule has 1 nitrogen and oxygen atoms in total. The lowest BCUT2D eigenvalue weighted by Crippen LogP contribution is -1.94. The summed E-state index contributed by atoms with van der Waals surface area (Å²) in [5.74, 6) is 0. The number of halogens is 2. The van der Waals surface area contributed by atoms with E-state index in [0.717, 1.165) is 36.4 Å².